The van der Waals surface area contributed by atoms with Crippen molar-refractivity contribution in [3.8, 4) is 0 Å². The molecule has 2 heterocycles. The average Bonchev–Trinajstić information content (AvgIpc) is 2.71. The first-order valence-corrected chi connectivity index (χ1v) is 7.13. The van der Waals surface area contributed by atoms with Crippen molar-refractivity contribution in [1.82, 2.24) is 10.2 Å². The van der Waals surface area contributed by atoms with Crippen molar-refractivity contribution in [2.24, 2.45) is 0 Å². The largest absolute Gasteiger partial charge is 0.390 e. The van der Waals surface area contributed by atoms with Crippen LogP contribution in [0.3, 0.4) is 0 Å². The summed E-state index contributed by atoms with van der Waals surface area (Å²) < 4.78 is 10.6. The molecule has 3 atom stereocenters. The van der Waals surface area contributed by atoms with E-state index in [0.717, 1.165) is 26.3 Å². The molecule has 2 saturated heterocycles. The number of hydrogen-bond acceptors (Lipinski definition) is 6. The number of nitrogens with one attached hydrogen (secondary N) is 1. The monoisotopic (exact) mass is 274 g/mol. The molecule has 0 amide bonds. The molecule has 6 heteroatoms. The summed E-state index contributed by atoms with van der Waals surface area (Å²) in [5, 5.41) is 23.4. The Morgan fingerprint density at radius 1 is 1.37 bits per heavy atom. The zero-order valence-electron chi connectivity index (χ0n) is 11.7. The van der Waals surface area contributed by atoms with E-state index in [1.165, 1.54) is 0 Å². The number of aliphatic hydroxyl groups excluding tert-OH is 1. The Balaban J connectivity index is 1.62. The first-order valence-electron chi connectivity index (χ1n) is 7.13. The predicted molar refractivity (Wildman–Crippen MR) is 71.1 cm³/mol. The fourth-order valence-corrected chi connectivity index (χ4v) is 2.60. The molecule has 0 spiro atoms. The minimum atomic E-state index is -0.793. The van der Waals surface area contributed by atoms with E-state index in [4.69, 9.17) is 9.47 Å². The van der Waals surface area contributed by atoms with Gasteiger partial charge in [-0.3, -0.25) is 4.90 Å². The highest BCUT2D eigenvalue weighted by Gasteiger charge is 2.39. The van der Waals surface area contributed by atoms with Gasteiger partial charge in [0, 0.05) is 45.8 Å². The van der Waals surface area contributed by atoms with Crippen molar-refractivity contribution in [2.45, 2.75) is 31.2 Å². The summed E-state index contributed by atoms with van der Waals surface area (Å²) in [6.07, 6.45) is 0.0940. The van der Waals surface area contributed by atoms with Crippen molar-refractivity contribution in [3.63, 3.8) is 0 Å². The van der Waals surface area contributed by atoms with Crippen molar-refractivity contribution in [1.29, 1.82) is 0 Å². The topological polar surface area (TPSA) is 74.2 Å². The number of aliphatic hydroxyl groups is 2. The third kappa shape index (κ3) is 4.37. The lowest BCUT2D eigenvalue weighted by Crippen LogP contribution is -2.49. The van der Waals surface area contributed by atoms with E-state index in [-0.39, 0.29) is 6.10 Å². The Morgan fingerprint density at radius 3 is 2.74 bits per heavy atom. The molecule has 0 radical (unpaired) electrons. The Kier molecular flexibility index (Phi) is 5.56. The van der Waals surface area contributed by atoms with Gasteiger partial charge in [-0.1, -0.05) is 0 Å². The maximum Gasteiger partial charge on any atom is 0.105 e. The summed E-state index contributed by atoms with van der Waals surface area (Å²) in [6.45, 7) is 7.36. The van der Waals surface area contributed by atoms with Crippen LogP contribution in [0.1, 0.15) is 13.3 Å². The quantitative estimate of drug-likeness (QED) is 0.565. The van der Waals surface area contributed by atoms with Gasteiger partial charge in [-0.15, -0.1) is 0 Å². The van der Waals surface area contributed by atoms with Crippen LogP contribution in [0.5, 0.6) is 0 Å². The van der Waals surface area contributed by atoms with Crippen LogP contribution in [-0.4, -0.2) is 85.5 Å². The van der Waals surface area contributed by atoms with Crippen LogP contribution in [-0.2, 0) is 9.47 Å². The van der Waals surface area contributed by atoms with Gasteiger partial charge >= 0.3 is 0 Å². The maximum absolute atomic E-state index is 10.3. The third-order valence-corrected chi connectivity index (χ3v) is 4.04. The molecular weight excluding hydrogens is 248 g/mol. The molecule has 0 aromatic rings. The van der Waals surface area contributed by atoms with E-state index in [1.807, 2.05) is 6.92 Å². The Bertz CT molecular complexity index is 273. The van der Waals surface area contributed by atoms with Gasteiger partial charge in [0.25, 0.3) is 0 Å². The number of nitrogens with zero attached hydrogens (tertiary/aromatic N) is 1. The van der Waals surface area contributed by atoms with Crippen molar-refractivity contribution < 1.29 is 19.7 Å². The second-order valence-electron chi connectivity index (χ2n) is 5.56. The molecule has 6 nitrogen and oxygen atoms in total. The zero-order chi connectivity index (χ0) is 13.7. The molecule has 3 N–H and O–H groups in total. The van der Waals surface area contributed by atoms with E-state index in [1.54, 1.807) is 0 Å². The lowest BCUT2D eigenvalue weighted by Gasteiger charge is -2.30. The summed E-state index contributed by atoms with van der Waals surface area (Å²) in [5.41, 5.74) is -0.793. The standard InChI is InChI=1S/C13H26N2O4/c1-11-13(17,2-5-19-11)10-14-8-12(16)9-15-3-6-18-7-4-15/h11-12,14,16-17H,2-10H2,1H3. The molecule has 0 bridgehead atoms. The number of morpholine rings is 1. The second kappa shape index (κ2) is 6.97. The SMILES string of the molecule is CC1OCCC1(O)CNCC(O)CN1CCOCC1. The average molecular weight is 274 g/mol. The van der Waals surface area contributed by atoms with Crippen molar-refractivity contribution in [2.75, 3.05) is 52.5 Å². The highest BCUT2D eigenvalue weighted by atomic mass is 16.5. The van der Waals surface area contributed by atoms with Gasteiger partial charge in [-0.2, -0.15) is 0 Å². The molecule has 3 unspecified atom stereocenters. The number of β-amino-alcohol motifs (C(OH)–C–C–N with tert-alkyl or cyclic N) is 1. The summed E-state index contributed by atoms with van der Waals surface area (Å²) in [5.74, 6) is 0. The predicted octanol–water partition coefficient (Wildman–Crippen LogP) is -1.19. The van der Waals surface area contributed by atoms with Gasteiger partial charge in [-0.25, -0.2) is 0 Å². The summed E-state index contributed by atoms with van der Waals surface area (Å²) in [6, 6.07) is 0. The summed E-state index contributed by atoms with van der Waals surface area (Å²) in [4.78, 5) is 2.20. The fourth-order valence-electron chi connectivity index (χ4n) is 2.60. The van der Waals surface area contributed by atoms with Crippen LogP contribution >= 0.6 is 0 Å². The lowest BCUT2D eigenvalue weighted by molar-refractivity contribution is -0.0286. The smallest absolute Gasteiger partial charge is 0.105 e. The highest BCUT2D eigenvalue weighted by molar-refractivity contribution is 4.91. The van der Waals surface area contributed by atoms with E-state index in [2.05, 4.69) is 10.2 Å². The third-order valence-electron chi connectivity index (χ3n) is 4.04. The van der Waals surface area contributed by atoms with Gasteiger partial charge in [0.2, 0.25) is 0 Å². The van der Waals surface area contributed by atoms with E-state index >= 15 is 0 Å². The first-order chi connectivity index (χ1) is 9.10. The number of rotatable bonds is 6. The molecule has 2 rings (SSSR count). The van der Waals surface area contributed by atoms with Crippen LogP contribution in [0.25, 0.3) is 0 Å². The first kappa shape index (κ1) is 15.2. The molecule has 2 aliphatic heterocycles. The number of ether oxygens (including phenoxy) is 2. The molecule has 2 aliphatic rings. The van der Waals surface area contributed by atoms with Crippen LogP contribution in [0.15, 0.2) is 0 Å². The van der Waals surface area contributed by atoms with Gasteiger partial charge in [-0.05, 0) is 6.92 Å². The Morgan fingerprint density at radius 2 is 2.11 bits per heavy atom. The normalized spacial score (nSPS) is 34.6. The van der Waals surface area contributed by atoms with E-state index in [9.17, 15) is 10.2 Å². The second-order valence-corrected chi connectivity index (χ2v) is 5.56. The molecule has 0 saturated carbocycles. The van der Waals surface area contributed by atoms with Gasteiger partial charge < -0.3 is 25.0 Å². The fraction of sp³-hybridized carbons (Fsp3) is 1.00. The minimum Gasteiger partial charge on any atom is -0.390 e. The van der Waals surface area contributed by atoms with Crippen LogP contribution in [0, 0.1) is 0 Å². The van der Waals surface area contributed by atoms with E-state index in [0.29, 0.717) is 32.7 Å². The molecule has 0 aliphatic carbocycles. The molecule has 0 aromatic heterocycles. The minimum absolute atomic E-state index is 0.142. The van der Waals surface area contributed by atoms with Crippen LogP contribution < -0.4 is 5.32 Å². The molecule has 112 valence electrons. The Labute approximate surface area is 114 Å². The molecular formula is C13H26N2O4. The van der Waals surface area contributed by atoms with Crippen LogP contribution in [0.2, 0.25) is 0 Å². The van der Waals surface area contributed by atoms with Gasteiger partial charge in [0.05, 0.1) is 25.4 Å². The molecule has 2 fully saturated rings. The molecule has 0 aromatic carbocycles. The highest BCUT2D eigenvalue weighted by Crippen LogP contribution is 2.24. The van der Waals surface area contributed by atoms with Gasteiger partial charge in [0.1, 0.15) is 5.60 Å². The van der Waals surface area contributed by atoms with Crippen molar-refractivity contribution >= 4 is 0 Å². The summed E-state index contributed by atoms with van der Waals surface area (Å²) in [7, 11) is 0. The molecule has 19 heavy (non-hydrogen) atoms. The maximum atomic E-state index is 10.3. The van der Waals surface area contributed by atoms with E-state index < -0.39 is 11.7 Å². The summed E-state index contributed by atoms with van der Waals surface area (Å²) >= 11 is 0. The Hall–Kier alpha value is -0.240. The number of hydrogen-bond donors (Lipinski definition) is 3. The zero-order valence-corrected chi connectivity index (χ0v) is 11.7. The lowest BCUT2D eigenvalue weighted by atomic mass is 9.97. The van der Waals surface area contributed by atoms with Crippen molar-refractivity contribution in [3.05, 3.63) is 0 Å². The van der Waals surface area contributed by atoms with Crippen LogP contribution in [0.4, 0.5) is 0 Å². The van der Waals surface area contributed by atoms with Gasteiger partial charge in [0.15, 0.2) is 0 Å².